The second-order valence-corrected chi connectivity index (χ2v) is 15.9. The van der Waals surface area contributed by atoms with Crippen LogP contribution < -0.4 is 49.1 Å². The fourth-order valence-electron chi connectivity index (χ4n) is 7.30. The highest BCUT2D eigenvalue weighted by molar-refractivity contribution is 5.98. The molecule has 0 radical (unpaired) electrons. The minimum absolute atomic E-state index is 0.0840. The van der Waals surface area contributed by atoms with Crippen LogP contribution in [0.5, 0.6) is 0 Å². The van der Waals surface area contributed by atoms with Crippen LogP contribution in [-0.2, 0) is 43.2 Å². The molecule has 2 heterocycles. The topological polar surface area (TPSA) is 343 Å². The second kappa shape index (κ2) is 25.3. The lowest BCUT2D eigenvalue weighted by atomic mass is 9.96. The number of likely N-dealkylation sites (N-methyl/N-ethyl adjacent to an activating group) is 1. The number of amides is 9. The van der Waals surface area contributed by atoms with Crippen molar-refractivity contribution in [3.63, 3.8) is 0 Å². The number of aliphatic imine (C=N–C) groups is 1. The van der Waals surface area contributed by atoms with Gasteiger partial charge in [-0.1, -0.05) is 34.1 Å². The molecule has 0 aliphatic carbocycles. The lowest BCUT2D eigenvalue weighted by Crippen LogP contribution is -2.61. The Balaban J connectivity index is 2.31. The van der Waals surface area contributed by atoms with Gasteiger partial charge in [0.1, 0.15) is 42.3 Å². The smallest absolute Gasteiger partial charge is 0.245 e. The maximum absolute atomic E-state index is 14.2. The molecule has 61 heavy (non-hydrogen) atoms. The van der Waals surface area contributed by atoms with E-state index in [1.165, 1.54) is 16.7 Å². The molecule has 2 aliphatic heterocycles. The summed E-state index contributed by atoms with van der Waals surface area (Å²) in [4.78, 5) is 126. The molecule has 9 amide bonds. The fraction of sp³-hybridized carbons (Fsp3) is 0.744. The van der Waals surface area contributed by atoms with Crippen molar-refractivity contribution in [1.82, 2.24) is 41.7 Å². The quantitative estimate of drug-likeness (QED) is 0.0258. The number of nitrogens with one attached hydrogen (secondary N) is 6. The molecule has 0 saturated carbocycles. The predicted octanol–water partition coefficient (Wildman–Crippen LogP) is -3.44. The number of aliphatic hydroxyl groups is 1. The number of nitrogens with two attached hydrogens (primary N) is 3. The molecule has 2 rings (SSSR count). The number of hydrogen-bond acceptors (Lipinski definition) is 11. The number of nitrogens with zero attached hydrogens (tertiary/aromatic N) is 3. The summed E-state index contributed by atoms with van der Waals surface area (Å²) in [5.74, 6) is -6.78. The lowest BCUT2D eigenvalue weighted by Gasteiger charge is -2.32. The maximum atomic E-state index is 14.2. The first kappa shape index (κ1) is 51.6. The fourth-order valence-corrected chi connectivity index (χ4v) is 7.30. The first-order chi connectivity index (χ1) is 28.8. The molecule has 8 atom stereocenters. The minimum atomic E-state index is -1.62. The van der Waals surface area contributed by atoms with Gasteiger partial charge in [-0.2, -0.15) is 0 Å². The van der Waals surface area contributed by atoms with Crippen LogP contribution in [0.3, 0.4) is 0 Å². The molecular weight excluding hydrogens is 797 g/mol. The number of carbonyl (C=O) groups excluding carboxylic acids is 9. The highest BCUT2D eigenvalue weighted by Crippen LogP contribution is 2.23. The van der Waals surface area contributed by atoms with Crippen LogP contribution in [0.1, 0.15) is 99.3 Å². The molecule has 2 fully saturated rings. The van der Waals surface area contributed by atoms with Gasteiger partial charge >= 0.3 is 0 Å². The van der Waals surface area contributed by atoms with E-state index in [9.17, 15) is 48.3 Å². The summed E-state index contributed by atoms with van der Waals surface area (Å²) in [6, 6.07) is -8.10. The summed E-state index contributed by atoms with van der Waals surface area (Å²) in [5.41, 5.74) is 16.3. The summed E-state index contributed by atoms with van der Waals surface area (Å²) in [7, 11) is 0. The van der Waals surface area contributed by atoms with Crippen LogP contribution in [0.4, 0.5) is 0 Å². The highest BCUT2D eigenvalue weighted by atomic mass is 16.3. The van der Waals surface area contributed by atoms with Crippen molar-refractivity contribution in [2.75, 3.05) is 32.8 Å². The highest BCUT2D eigenvalue weighted by Gasteiger charge is 2.42. The van der Waals surface area contributed by atoms with Gasteiger partial charge in [0.25, 0.3) is 0 Å². The zero-order valence-electron chi connectivity index (χ0n) is 36.3. The van der Waals surface area contributed by atoms with Crippen molar-refractivity contribution < 1.29 is 48.3 Å². The Hall–Kier alpha value is -5.54. The molecule has 1 unspecified atom stereocenters. The third-order valence-corrected chi connectivity index (χ3v) is 10.8. The van der Waals surface area contributed by atoms with E-state index in [1.54, 1.807) is 34.6 Å². The van der Waals surface area contributed by atoms with Crippen LogP contribution in [-0.4, -0.2) is 149 Å². The molecule has 13 N–H and O–H groups in total. The van der Waals surface area contributed by atoms with Crippen molar-refractivity contribution in [2.24, 2.45) is 34.0 Å². The Bertz CT molecular complexity index is 1610. The number of rotatable bonds is 24. The molecule has 0 aromatic carbocycles. The van der Waals surface area contributed by atoms with Crippen LogP contribution in [0, 0.1) is 11.8 Å². The van der Waals surface area contributed by atoms with Gasteiger partial charge in [0.15, 0.2) is 5.96 Å². The molecule has 0 aromatic rings. The number of hydrogen-bond donors (Lipinski definition) is 10. The molecule has 0 spiro atoms. The summed E-state index contributed by atoms with van der Waals surface area (Å²) in [6.45, 7) is 9.94. The summed E-state index contributed by atoms with van der Waals surface area (Å²) >= 11 is 0. The number of likely N-dealkylation sites (tertiary alicyclic amines) is 2. The van der Waals surface area contributed by atoms with Gasteiger partial charge in [-0.05, 0) is 63.7 Å². The molecular formula is C39H68N12O10. The standard InChI is InChI=1S/C39H68N12O10/c1-7-22(5)31(49-35(58)30(21(3)4)45-23(6)53)36(59)48-26(20-52)32(55)46-25(15-16-29(40)54)38(61)51-19-11-14-28(51)34(57)47-24(12-9-17-44-39(41)42)37(60)50-18-10-13-27(50)33(56)43-8-2/h21-22,24-28,30-31,52H,7-20H2,1-6H3,(H2,40,54)(H,43,56)(H,45,53)(H,46,55)(H,47,57)(H,48,59)(H,49,58)(H4,41,42,44)/t22?,24-,25-,26-,27-,28-,30-,31-/m0/s1. The average molecular weight is 865 g/mol. The Morgan fingerprint density at radius 2 is 1.25 bits per heavy atom. The van der Waals surface area contributed by atoms with E-state index < -0.39 is 102 Å². The molecule has 22 nitrogen and oxygen atoms in total. The van der Waals surface area contributed by atoms with E-state index in [2.05, 4.69) is 36.9 Å². The van der Waals surface area contributed by atoms with E-state index in [0.717, 1.165) is 0 Å². The van der Waals surface area contributed by atoms with Gasteiger partial charge in [0.05, 0.1) is 6.61 Å². The molecule has 0 aromatic heterocycles. The molecule has 2 aliphatic rings. The van der Waals surface area contributed by atoms with Crippen LogP contribution in [0.15, 0.2) is 4.99 Å². The van der Waals surface area contributed by atoms with Crippen LogP contribution in [0.2, 0.25) is 0 Å². The first-order valence-electron chi connectivity index (χ1n) is 21.1. The minimum Gasteiger partial charge on any atom is -0.394 e. The molecule has 344 valence electrons. The Morgan fingerprint density at radius 1 is 0.705 bits per heavy atom. The predicted molar refractivity (Wildman–Crippen MR) is 223 cm³/mol. The monoisotopic (exact) mass is 865 g/mol. The number of guanidine groups is 1. The van der Waals surface area contributed by atoms with E-state index in [1.807, 2.05) is 0 Å². The van der Waals surface area contributed by atoms with Gasteiger partial charge in [-0.3, -0.25) is 48.1 Å². The third kappa shape index (κ3) is 15.8. The summed E-state index contributed by atoms with van der Waals surface area (Å²) in [5, 5.41) is 25.9. The van der Waals surface area contributed by atoms with Gasteiger partial charge in [-0.15, -0.1) is 0 Å². The molecule has 2 saturated heterocycles. The van der Waals surface area contributed by atoms with Crippen molar-refractivity contribution in [3.05, 3.63) is 0 Å². The van der Waals surface area contributed by atoms with Gasteiger partial charge in [0.2, 0.25) is 53.2 Å². The number of primary amides is 1. The SMILES string of the molecule is CCNC(=O)[C@@H]1CCCN1C(=O)[C@H](CCCN=C(N)N)NC(=O)[C@@H]1CCCN1C(=O)[C@H](CCC(N)=O)NC(=O)[C@H](CO)NC(=O)[C@@H](NC(=O)[C@@H](NC(C)=O)C(C)C)C(C)CC. The van der Waals surface area contributed by atoms with E-state index in [0.29, 0.717) is 45.2 Å². The summed E-state index contributed by atoms with van der Waals surface area (Å²) in [6.07, 6.45) is 1.82. The van der Waals surface area contributed by atoms with Crippen LogP contribution in [0.25, 0.3) is 0 Å². The largest absolute Gasteiger partial charge is 0.394 e. The second-order valence-electron chi connectivity index (χ2n) is 15.9. The zero-order valence-corrected chi connectivity index (χ0v) is 36.3. The van der Waals surface area contributed by atoms with E-state index >= 15 is 0 Å². The van der Waals surface area contributed by atoms with E-state index in [4.69, 9.17) is 17.2 Å². The number of carbonyl (C=O) groups is 9. The molecule has 0 bridgehead atoms. The Morgan fingerprint density at radius 3 is 1.74 bits per heavy atom. The van der Waals surface area contributed by atoms with E-state index in [-0.39, 0.29) is 56.6 Å². The first-order valence-corrected chi connectivity index (χ1v) is 21.1. The van der Waals surface area contributed by atoms with Gasteiger partial charge < -0.3 is 64.0 Å². The summed E-state index contributed by atoms with van der Waals surface area (Å²) < 4.78 is 0. The molecule has 22 heteroatoms. The normalized spacial score (nSPS) is 19.0. The van der Waals surface area contributed by atoms with Crippen molar-refractivity contribution in [2.45, 2.75) is 142 Å². The van der Waals surface area contributed by atoms with Crippen LogP contribution >= 0.6 is 0 Å². The zero-order chi connectivity index (χ0) is 46.0. The average Bonchev–Trinajstić information content (AvgIpc) is 3.91. The number of aliphatic hydroxyl groups excluding tert-OH is 1. The Labute approximate surface area is 357 Å². The van der Waals surface area contributed by atoms with Crippen molar-refractivity contribution >= 4 is 59.1 Å². The van der Waals surface area contributed by atoms with Gasteiger partial charge in [0, 0.05) is 39.5 Å². The third-order valence-electron chi connectivity index (χ3n) is 10.8. The Kier molecular flexibility index (Phi) is 21.4. The van der Waals surface area contributed by atoms with Gasteiger partial charge in [-0.25, -0.2) is 0 Å². The van der Waals surface area contributed by atoms with Crippen molar-refractivity contribution in [1.29, 1.82) is 0 Å². The lowest BCUT2D eigenvalue weighted by molar-refractivity contribution is -0.144. The van der Waals surface area contributed by atoms with Crippen molar-refractivity contribution in [3.8, 4) is 0 Å². The maximum Gasteiger partial charge on any atom is 0.245 e.